The molecule has 0 amide bonds. The number of thioether (sulfide) groups is 1. The van der Waals surface area contributed by atoms with Crippen molar-refractivity contribution in [3.63, 3.8) is 0 Å². The number of aromatic nitrogens is 2. The van der Waals surface area contributed by atoms with Gasteiger partial charge < -0.3 is 4.74 Å². The highest BCUT2D eigenvalue weighted by Gasteiger charge is 2.17. The Kier molecular flexibility index (Phi) is 5.67. The minimum absolute atomic E-state index is 0.0626. The van der Waals surface area contributed by atoms with Crippen LogP contribution in [0, 0.1) is 19.7 Å². The number of thiophene rings is 1. The van der Waals surface area contributed by atoms with Crippen LogP contribution in [-0.4, -0.2) is 28.2 Å². The normalized spacial score (nSPS) is 11.1. The molecule has 27 heavy (non-hydrogen) atoms. The van der Waals surface area contributed by atoms with Crippen LogP contribution >= 0.6 is 23.1 Å². The van der Waals surface area contributed by atoms with Gasteiger partial charge in [-0.25, -0.2) is 9.37 Å². The maximum absolute atomic E-state index is 13.8. The smallest absolute Gasteiger partial charge is 0.263 e. The molecule has 0 spiro atoms. The van der Waals surface area contributed by atoms with Crippen molar-refractivity contribution in [2.75, 3.05) is 12.9 Å². The molecule has 2 heterocycles. The van der Waals surface area contributed by atoms with Gasteiger partial charge in [-0.15, -0.1) is 11.3 Å². The lowest BCUT2D eigenvalue weighted by molar-refractivity contribution is 0.102. The van der Waals surface area contributed by atoms with Gasteiger partial charge in [0.05, 0.1) is 18.2 Å². The molecule has 0 fully saturated rings. The summed E-state index contributed by atoms with van der Waals surface area (Å²) in [4.78, 5) is 31.6. The zero-order valence-electron chi connectivity index (χ0n) is 15.5. The third-order valence-corrected chi connectivity index (χ3v) is 6.45. The predicted octanol–water partition coefficient (Wildman–Crippen LogP) is 4.22. The molecule has 5 nitrogen and oxygen atoms in total. The Hall–Kier alpha value is -2.19. The van der Waals surface area contributed by atoms with Crippen LogP contribution < -0.4 is 10.3 Å². The lowest BCUT2D eigenvalue weighted by Gasteiger charge is -2.10. The number of hydrogen-bond donors (Lipinski definition) is 0. The van der Waals surface area contributed by atoms with Crippen molar-refractivity contribution in [2.24, 2.45) is 0 Å². The van der Waals surface area contributed by atoms with E-state index in [2.05, 4.69) is 4.98 Å². The van der Waals surface area contributed by atoms with Gasteiger partial charge in [-0.3, -0.25) is 14.2 Å². The van der Waals surface area contributed by atoms with Gasteiger partial charge in [0.15, 0.2) is 22.5 Å². The highest BCUT2D eigenvalue weighted by molar-refractivity contribution is 7.99. The second-order valence-electron chi connectivity index (χ2n) is 5.97. The molecule has 0 radical (unpaired) electrons. The van der Waals surface area contributed by atoms with Crippen molar-refractivity contribution < 1.29 is 13.9 Å². The molecule has 142 valence electrons. The van der Waals surface area contributed by atoms with Crippen molar-refractivity contribution in [1.29, 1.82) is 0 Å². The van der Waals surface area contributed by atoms with Gasteiger partial charge in [0.2, 0.25) is 0 Å². The van der Waals surface area contributed by atoms with E-state index in [1.807, 2.05) is 20.8 Å². The van der Waals surface area contributed by atoms with E-state index in [0.29, 0.717) is 21.9 Å². The first kappa shape index (κ1) is 19.6. The third-order valence-electron chi connectivity index (χ3n) is 4.38. The fraction of sp³-hybridized carbons (Fsp3) is 0.316. The first-order valence-corrected chi connectivity index (χ1v) is 10.2. The van der Waals surface area contributed by atoms with Crippen molar-refractivity contribution in [1.82, 2.24) is 9.55 Å². The van der Waals surface area contributed by atoms with E-state index in [0.717, 1.165) is 16.5 Å². The average molecular weight is 407 g/mol. The summed E-state index contributed by atoms with van der Waals surface area (Å²) in [6.45, 7) is 6.22. The fourth-order valence-electron chi connectivity index (χ4n) is 2.75. The Balaban J connectivity index is 1.89. The molecule has 0 aliphatic carbocycles. The molecule has 8 heteroatoms. The number of aryl methyl sites for hydroxylation is 2. The van der Waals surface area contributed by atoms with Crippen LogP contribution in [0.1, 0.15) is 27.7 Å². The molecule has 0 unspecified atom stereocenters. The fourth-order valence-corrected chi connectivity index (χ4v) is 4.78. The predicted molar refractivity (Wildman–Crippen MR) is 107 cm³/mol. The molecule has 0 aliphatic rings. The molecule has 0 saturated carbocycles. The van der Waals surface area contributed by atoms with E-state index in [1.165, 1.54) is 42.3 Å². The minimum Gasteiger partial charge on any atom is -0.494 e. The number of hydrogen-bond acceptors (Lipinski definition) is 6. The maximum Gasteiger partial charge on any atom is 0.263 e. The van der Waals surface area contributed by atoms with Crippen LogP contribution in [0.15, 0.2) is 28.2 Å². The van der Waals surface area contributed by atoms with Crippen LogP contribution in [0.5, 0.6) is 5.75 Å². The summed E-state index contributed by atoms with van der Waals surface area (Å²) in [6, 6.07) is 4.12. The van der Waals surface area contributed by atoms with E-state index < -0.39 is 5.82 Å². The molecule has 3 rings (SSSR count). The molecular formula is C19H19FN2O3S2. The Bertz CT molecular complexity index is 1090. The number of ketones is 1. The van der Waals surface area contributed by atoms with E-state index in [1.54, 1.807) is 4.57 Å². The molecule has 2 aromatic heterocycles. The first-order valence-electron chi connectivity index (χ1n) is 8.37. The molecule has 0 N–H and O–H groups in total. The second kappa shape index (κ2) is 7.82. The summed E-state index contributed by atoms with van der Waals surface area (Å²) in [7, 11) is 1.37. The van der Waals surface area contributed by atoms with Crippen molar-refractivity contribution in [3.05, 3.63) is 50.4 Å². The van der Waals surface area contributed by atoms with Gasteiger partial charge in [0.25, 0.3) is 5.56 Å². The molecule has 0 aliphatic heterocycles. The van der Waals surface area contributed by atoms with Gasteiger partial charge in [-0.2, -0.15) is 0 Å². The van der Waals surface area contributed by atoms with Crippen LogP contribution in [0.4, 0.5) is 4.39 Å². The lowest BCUT2D eigenvalue weighted by atomic mass is 10.1. The number of methoxy groups -OCH3 is 1. The van der Waals surface area contributed by atoms with Crippen LogP contribution in [0.3, 0.4) is 0 Å². The zero-order chi connectivity index (χ0) is 19.7. The topological polar surface area (TPSA) is 61.2 Å². The van der Waals surface area contributed by atoms with Gasteiger partial charge >= 0.3 is 0 Å². The summed E-state index contributed by atoms with van der Waals surface area (Å²) >= 11 is 2.67. The maximum atomic E-state index is 13.8. The van der Waals surface area contributed by atoms with Crippen molar-refractivity contribution >= 4 is 39.1 Å². The number of Topliss-reactive ketones (excluding diaryl/α,β-unsaturated/α-hetero) is 1. The van der Waals surface area contributed by atoms with E-state index in [-0.39, 0.29) is 28.4 Å². The SMILES string of the molecule is CCn1c(SCC(=O)c2ccc(OC)c(F)c2)nc2sc(C)c(C)c2c1=O. The number of ether oxygens (including phenoxy) is 1. The number of halogens is 1. The number of rotatable bonds is 6. The molecule has 0 atom stereocenters. The van der Waals surface area contributed by atoms with E-state index >= 15 is 0 Å². The van der Waals surface area contributed by atoms with Crippen molar-refractivity contribution in [2.45, 2.75) is 32.5 Å². The number of benzene rings is 1. The van der Waals surface area contributed by atoms with E-state index in [4.69, 9.17) is 4.74 Å². The molecule has 0 saturated heterocycles. The molecule has 3 aromatic rings. The summed E-state index contributed by atoms with van der Waals surface area (Å²) in [5.74, 6) is -0.665. The van der Waals surface area contributed by atoms with Crippen molar-refractivity contribution in [3.8, 4) is 5.75 Å². The van der Waals surface area contributed by atoms with Crippen LogP contribution in [0.25, 0.3) is 10.2 Å². The highest BCUT2D eigenvalue weighted by Crippen LogP contribution is 2.28. The largest absolute Gasteiger partial charge is 0.494 e. The Morgan fingerprint density at radius 3 is 2.74 bits per heavy atom. The summed E-state index contributed by atoms with van der Waals surface area (Å²) < 4.78 is 20.3. The number of nitrogens with zero attached hydrogens (tertiary/aromatic N) is 2. The summed E-state index contributed by atoms with van der Waals surface area (Å²) in [5, 5.41) is 1.14. The Morgan fingerprint density at radius 1 is 1.37 bits per heavy atom. The highest BCUT2D eigenvalue weighted by atomic mass is 32.2. The number of carbonyl (C=O) groups excluding carboxylic acids is 1. The lowest BCUT2D eigenvalue weighted by Crippen LogP contribution is -2.22. The standard InChI is InChI=1S/C19H19FN2O3S2/c1-5-22-18(24)16-10(2)11(3)27-17(16)21-19(22)26-9-14(23)12-6-7-15(25-4)13(20)8-12/h6-8H,5,9H2,1-4H3. The van der Waals surface area contributed by atoms with Gasteiger partial charge in [-0.1, -0.05) is 11.8 Å². The van der Waals surface area contributed by atoms with Gasteiger partial charge in [0, 0.05) is 17.0 Å². The number of fused-ring (bicyclic) bond motifs is 1. The molecular weight excluding hydrogens is 387 g/mol. The number of carbonyl (C=O) groups is 1. The summed E-state index contributed by atoms with van der Waals surface area (Å²) in [5.41, 5.74) is 1.13. The van der Waals surface area contributed by atoms with Crippen LogP contribution in [0.2, 0.25) is 0 Å². The first-order chi connectivity index (χ1) is 12.9. The summed E-state index contributed by atoms with van der Waals surface area (Å²) in [6.07, 6.45) is 0. The third kappa shape index (κ3) is 3.64. The Morgan fingerprint density at radius 2 is 2.11 bits per heavy atom. The Labute approximate surface area is 164 Å². The zero-order valence-corrected chi connectivity index (χ0v) is 17.1. The van der Waals surface area contributed by atoms with E-state index in [9.17, 15) is 14.0 Å². The van der Waals surface area contributed by atoms with Gasteiger partial charge in [0.1, 0.15) is 4.83 Å². The monoisotopic (exact) mass is 406 g/mol. The van der Waals surface area contributed by atoms with Gasteiger partial charge in [-0.05, 0) is 44.5 Å². The van der Waals surface area contributed by atoms with Crippen LogP contribution in [-0.2, 0) is 6.54 Å². The molecule has 1 aromatic carbocycles. The second-order valence-corrected chi connectivity index (χ2v) is 8.11. The minimum atomic E-state index is -0.581. The average Bonchev–Trinajstić information content (AvgIpc) is 2.93. The quantitative estimate of drug-likeness (QED) is 0.348. The molecule has 0 bridgehead atoms.